The number of hydrogen-bond donors (Lipinski definition) is 5. The number of amides is 3. The van der Waals surface area contributed by atoms with E-state index in [2.05, 4.69) is 167 Å². The molecule has 2 spiro atoms. The Morgan fingerprint density at radius 2 is 1.10 bits per heavy atom. The predicted octanol–water partition coefficient (Wildman–Crippen LogP) is 19.2. The topological polar surface area (TPSA) is 296 Å². The van der Waals surface area contributed by atoms with E-state index in [1.807, 2.05) is 194 Å². The molecule has 10 rings (SSSR count). The van der Waals surface area contributed by atoms with Crippen molar-refractivity contribution in [2.24, 2.45) is 34.0 Å². The smallest absolute Gasteiger partial charge is 0.335 e. The molecule has 0 aliphatic carbocycles. The standard InChI is InChI=1S/C20H29IN2O3S.C20H28N2O3S.C16H22N2O2.C15H27NO3S.C9H19NOS.C7H8IN.C6H9BrO2/c1-13(2)11-18-15(9-10-23(18)27(25)20(3,4)5)19(24)22-17-12-14(26-6)7-8-16(17)21;1-13(2)11-17-20(9-10-22(17)26(24)19(3,4)5)15-8-7-14(25-6)12-16(15)21-18(20)23;1-10(2)8-14-16(6-7-17-14)12-5-4-11(20-3)9-13(12)18-15(16)19;1-7-19-14(17)12-8-9-16(13(12)10-11(2)3)20(18)15(4,5)6;1-8(2)6-7-10-12(11)9(3,4)5;1-5-2-3-6(8)7(9)4-5;1-2-9-6(8)4-3-5-7/h7-9,12-13,18H,10-11H2,1-6H3,(H,22,24);7-10,12-13,17H,11H2,1-6H3,(H,21,23);4-5,9-10,14,17H,6-8H2,1-3H3,(H,18,19);8,11,13H,7,9-10H2,1-6H3;7-8H,6H2,1-5H3;2-4H,9H2,1H3;3-4H,2,5H2,1H3/b;;;;;;4-3+/t18-,27+;17-,20+,26+;14-,16+;13-,20+;12-;;/m00001../s1. The van der Waals surface area contributed by atoms with Crippen molar-refractivity contribution in [1.82, 2.24) is 18.2 Å². The van der Waals surface area contributed by atoms with Gasteiger partial charge in [0.25, 0.3) is 5.91 Å². The van der Waals surface area contributed by atoms with Crippen LogP contribution < -0.4 is 41.2 Å². The highest BCUT2D eigenvalue weighted by Crippen LogP contribution is 2.51. The Hall–Kier alpha value is -5.72. The number of hydrogen-bond acceptors (Lipinski definition) is 16. The van der Waals surface area contributed by atoms with Gasteiger partial charge in [0.15, 0.2) is 0 Å². The Kier molecular flexibility index (Phi) is 44.3. The van der Waals surface area contributed by atoms with Crippen LogP contribution in [0.1, 0.15) is 221 Å². The van der Waals surface area contributed by atoms with Crippen LogP contribution in [0.15, 0.2) is 125 Å². The molecule has 10 atom stereocenters. The van der Waals surface area contributed by atoms with Gasteiger partial charge in [-0.05, 0) is 283 Å². The molecule has 0 aromatic heterocycles. The minimum Gasteiger partial charge on any atom is -0.497 e. The van der Waals surface area contributed by atoms with E-state index >= 15 is 0 Å². The lowest BCUT2D eigenvalue weighted by Gasteiger charge is -2.38. The molecular weight excluding hydrogens is 1930 g/mol. The van der Waals surface area contributed by atoms with E-state index in [9.17, 15) is 40.8 Å². The zero-order valence-corrected chi connectivity index (χ0v) is 87.2. The lowest BCUT2D eigenvalue weighted by molar-refractivity contribution is -0.139. The van der Waals surface area contributed by atoms with Crippen LogP contribution in [0.25, 0.3) is 0 Å². The molecule has 0 radical (unpaired) electrons. The Balaban J connectivity index is 0.000000312. The van der Waals surface area contributed by atoms with Crippen LogP contribution >= 0.6 is 61.1 Å². The number of anilines is 4. The van der Waals surface area contributed by atoms with Crippen molar-refractivity contribution < 1.29 is 64.5 Å². The quantitative estimate of drug-likeness (QED) is 0.0109. The summed E-state index contributed by atoms with van der Waals surface area (Å²) in [6.07, 6.45) is 17.6. The lowest BCUT2D eigenvalue weighted by atomic mass is 9.73. The first-order valence-corrected chi connectivity index (χ1v) is 50.0. The third kappa shape index (κ3) is 31.6. The number of fused-ring (bicyclic) bond motifs is 4. The highest BCUT2D eigenvalue weighted by molar-refractivity contribution is 14.1. The van der Waals surface area contributed by atoms with E-state index in [4.69, 9.17) is 24.7 Å². The number of halogens is 3. The third-order valence-electron chi connectivity index (χ3n) is 20.1. The molecule has 1 saturated heterocycles. The summed E-state index contributed by atoms with van der Waals surface area (Å²) >= 11 is 7.54. The Morgan fingerprint density at radius 1 is 0.618 bits per heavy atom. The summed E-state index contributed by atoms with van der Waals surface area (Å²) < 4.78 is 86.1. The fourth-order valence-electron chi connectivity index (χ4n) is 14.2. The Labute approximate surface area is 782 Å². The van der Waals surface area contributed by atoms with Crippen molar-refractivity contribution in [3.05, 3.63) is 144 Å². The molecule has 30 heteroatoms. The first-order chi connectivity index (χ1) is 57.2. The molecule has 0 bridgehead atoms. The van der Waals surface area contributed by atoms with Crippen molar-refractivity contribution in [2.45, 2.75) is 266 Å². The monoisotopic (exact) mass is 2070 g/mol. The first kappa shape index (κ1) is 110. The van der Waals surface area contributed by atoms with Gasteiger partial charge < -0.3 is 50.7 Å². The van der Waals surface area contributed by atoms with Crippen LogP contribution in [0.4, 0.5) is 22.7 Å². The van der Waals surface area contributed by atoms with Crippen LogP contribution in [0.2, 0.25) is 0 Å². The van der Waals surface area contributed by atoms with E-state index in [0.717, 1.165) is 91.8 Å². The minimum absolute atomic E-state index is 0.0592. The molecule has 23 nitrogen and oxygen atoms in total. The van der Waals surface area contributed by atoms with Gasteiger partial charge in [0, 0.05) is 90.9 Å². The first-order valence-electron chi connectivity index (χ1n) is 42.3. The number of methoxy groups -OCH3 is 3. The van der Waals surface area contributed by atoms with E-state index in [-0.39, 0.29) is 68.1 Å². The van der Waals surface area contributed by atoms with Crippen LogP contribution in [0.3, 0.4) is 0 Å². The van der Waals surface area contributed by atoms with Crippen LogP contribution in [0, 0.1) is 43.7 Å². The maximum atomic E-state index is 13.2. The van der Waals surface area contributed by atoms with E-state index in [0.29, 0.717) is 83.9 Å². The SMILES string of the molecule is CC(C)CC=N[S@](=O)C(C)(C)C.CCOC(=O)/C=C/CBr.CCOC(=O)C1=CCN([S@](=O)C(C)(C)C)[C@H]1CC(C)C.COc1ccc(I)c(NC(=O)C2=CCN([S@](=O)C(C)(C)C)[C@H]2CC(C)C)c1.COc1ccc2c(c1)NC(=O)[C@]21C=CN([S@](=O)C(C)(C)C)[C@H]1CC(C)C.COc1ccc2c(c1)NC(=O)[C@]21CCN[C@H]1CC(C)C.Cc1ccc(I)c(N)c1. The van der Waals surface area contributed by atoms with Crippen molar-refractivity contribution in [3.8, 4) is 17.2 Å². The lowest BCUT2D eigenvalue weighted by Crippen LogP contribution is -2.50. The molecule has 688 valence electrons. The molecular formula is C93H142BrI2N9O14S4. The number of aryl methyl sites for hydroxylation is 1. The number of nitrogens with two attached hydrogens (primary N) is 1. The number of alkyl halides is 1. The van der Waals surface area contributed by atoms with E-state index < -0.39 is 59.5 Å². The number of esters is 2. The fourth-order valence-corrected chi connectivity index (χ4v) is 19.7. The summed E-state index contributed by atoms with van der Waals surface area (Å²) in [6, 6.07) is 23.0. The maximum absolute atomic E-state index is 13.2. The molecule has 4 aromatic rings. The van der Waals surface area contributed by atoms with Gasteiger partial charge in [-0.1, -0.05) is 122 Å². The molecule has 3 amide bonds. The van der Waals surface area contributed by atoms with Crippen molar-refractivity contribution in [2.75, 3.05) is 81.2 Å². The predicted molar refractivity (Wildman–Crippen MR) is 531 cm³/mol. The zero-order valence-electron chi connectivity index (χ0n) is 78.0. The second-order valence-corrected chi connectivity index (χ2v) is 48.2. The van der Waals surface area contributed by atoms with Crippen molar-refractivity contribution in [3.63, 3.8) is 0 Å². The van der Waals surface area contributed by atoms with Gasteiger partial charge in [-0.15, -0.1) is 0 Å². The molecule has 6 heterocycles. The Bertz CT molecular complexity index is 4470. The Morgan fingerprint density at radius 3 is 1.57 bits per heavy atom. The summed E-state index contributed by atoms with van der Waals surface area (Å²) in [6.45, 7) is 53.2. The summed E-state index contributed by atoms with van der Waals surface area (Å²) in [4.78, 5) is 61.3. The van der Waals surface area contributed by atoms with Crippen LogP contribution in [-0.4, -0.2) is 168 Å². The van der Waals surface area contributed by atoms with Crippen molar-refractivity contribution in [1.29, 1.82) is 0 Å². The second kappa shape index (κ2) is 49.7. The number of rotatable bonds is 24. The van der Waals surface area contributed by atoms with Gasteiger partial charge in [0.1, 0.15) is 66.6 Å². The summed E-state index contributed by atoms with van der Waals surface area (Å²) in [5.41, 5.74) is 12.3. The molecule has 6 N–H and O–H groups in total. The molecule has 0 unspecified atom stereocenters. The number of carbonyl (C=O) groups is 5. The molecule has 6 aliphatic rings. The van der Waals surface area contributed by atoms with E-state index in [1.54, 1.807) is 47.5 Å². The second-order valence-electron chi connectivity index (χ2n) is 36.8. The molecule has 1 fully saturated rings. The number of allylic oxidation sites excluding steroid dienone is 1. The highest BCUT2D eigenvalue weighted by atomic mass is 127. The largest absolute Gasteiger partial charge is 0.497 e. The van der Waals surface area contributed by atoms with Crippen LogP contribution in [0.5, 0.6) is 17.2 Å². The summed E-state index contributed by atoms with van der Waals surface area (Å²) in [5.74, 6) is 3.91. The number of nitrogens with zero attached hydrogens (tertiary/aromatic N) is 4. The fraction of sp³-hybridized carbons (Fsp3) is 0.591. The maximum Gasteiger partial charge on any atom is 0.335 e. The number of nitrogen functional groups attached to an aromatic ring is 1. The molecule has 4 aromatic carbocycles. The average molecular weight is 2070 g/mol. The average Bonchev–Trinajstić information content (AvgIpc) is 1.56. The third-order valence-corrected chi connectivity index (χ3v) is 29.3. The zero-order chi connectivity index (χ0) is 93.2. The number of carbonyl (C=O) groups excluding carboxylic acids is 5. The van der Waals surface area contributed by atoms with Crippen molar-refractivity contribution >= 4 is 164 Å². The highest BCUT2D eigenvalue weighted by Gasteiger charge is 2.58. The van der Waals surface area contributed by atoms with Crippen LogP contribution in [-0.2, 0) is 88.2 Å². The minimum atomic E-state index is -1.24. The van der Waals surface area contributed by atoms with E-state index in [1.165, 1.54) is 11.6 Å². The molecule has 123 heavy (non-hydrogen) atoms. The van der Waals surface area contributed by atoms with Gasteiger partial charge >= 0.3 is 11.9 Å². The molecule has 0 saturated carbocycles. The number of nitrogens with one attached hydrogen (secondary N) is 4. The van der Waals surface area contributed by atoms with Gasteiger partial charge in [0.2, 0.25) is 11.8 Å². The summed E-state index contributed by atoms with van der Waals surface area (Å²) in [5, 5.41) is 13.3. The normalized spacial score (nSPS) is 20.7. The van der Waals surface area contributed by atoms with Gasteiger partial charge in [-0.3, -0.25) is 18.7 Å². The number of benzene rings is 4. The number of ether oxygens (including phenoxy) is 5. The van der Waals surface area contributed by atoms with Gasteiger partial charge in [-0.25, -0.2) is 35.0 Å². The molecule has 6 aliphatic heterocycles. The van der Waals surface area contributed by atoms with Gasteiger partial charge in [-0.2, -0.15) is 4.40 Å². The van der Waals surface area contributed by atoms with Gasteiger partial charge in [0.05, 0.1) is 88.3 Å². The summed E-state index contributed by atoms with van der Waals surface area (Å²) in [7, 11) is 0.238.